The number of likely N-dealkylation sites (tertiary alicyclic amines) is 2. The van der Waals surface area contributed by atoms with Crippen LogP contribution in [0.1, 0.15) is 70.6 Å². The number of aliphatic hydroxyl groups is 1. The van der Waals surface area contributed by atoms with Gasteiger partial charge in [0, 0.05) is 51.2 Å². The molecule has 0 aromatic rings. The number of rotatable bonds is 5. The maximum Gasteiger partial charge on any atom is 0.222 e. The van der Waals surface area contributed by atoms with Crippen molar-refractivity contribution in [2.45, 2.75) is 76.7 Å². The molecule has 2 saturated carbocycles. The lowest BCUT2D eigenvalue weighted by Gasteiger charge is -2.43. The fourth-order valence-electron chi connectivity index (χ4n) is 5.91. The van der Waals surface area contributed by atoms with Gasteiger partial charge in [-0.2, -0.15) is 0 Å². The maximum absolute atomic E-state index is 12.6. The topological polar surface area (TPSA) is 43.8 Å². The van der Waals surface area contributed by atoms with Crippen molar-refractivity contribution < 1.29 is 9.90 Å². The van der Waals surface area contributed by atoms with E-state index < -0.39 is 0 Å². The van der Waals surface area contributed by atoms with Crippen LogP contribution in [0.5, 0.6) is 0 Å². The third-order valence-corrected chi connectivity index (χ3v) is 8.00. The molecule has 4 rings (SSSR count). The van der Waals surface area contributed by atoms with Gasteiger partial charge in [0.25, 0.3) is 0 Å². The number of aliphatic hydroxyl groups excluding tert-OH is 1. The van der Waals surface area contributed by atoms with Gasteiger partial charge in [-0.1, -0.05) is 32.1 Å². The Kier molecular flexibility index (Phi) is 5.38. The molecule has 0 bridgehead atoms. The first-order chi connectivity index (χ1) is 12.2. The third kappa shape index (κ3) is 3.62. The molecule has 2 saturated heterocycles. The second-order valence-electron chi connectivity index (χ2n) is 9.33. The summed E-state index contributed by atoms with van der Waals surface area (Å²) in [5, 5.41) is 9.95. The summed E-state index contributed by atoms with van der Waals surface area (Å²) in [4.78, 5) is 17.4. The van der Waals surface area contributed by atoms with Gasteiger partial charge in [-0.05, 0) is 43.4 Å². The van der Waals surface area contributed by atoms with Gasteiger partial charge in [-0.25, -0.2) is 0 Å². The number of carbonyl (C=O) groups is 1. The zero-order valence-corrected chi connectivity index (χ0v) is 15.8. The summed E-state index contributed by atoms with van der Waals surface area (Å²) in [5.41, 5.74) is 0.270. The first-order valence-electron chi connectivity index (χ1n) is 10.8. The largest absolute Gasteiger partial charge is 0.396 e. The van der Waals surface area contributed by atoms with Gasteiger partial charge < -0.3 is 10.0 Å². The molecule has 142 valence electrons. The van der Waals surface area contributed by atoms with Gasteiger partial charge in [0.1, 0.15) is 0 Å². The summed E-state index contributed by atoms with van der Waals surface area (Å²) in [5.74, 6) is 1.62. The monoisotopic (exact) mass is 348 g/mol. The van der Waals surface area contributed by atoms with Gasteiger partial charge in [0.15, 0.2) is 0 Å². The summed E-state index contributed by atoms with van der Waals surface area (Å²) in [6.45, 7) is 4.39. The highest BCUT2D eigenvalue weighted by Crippen LogP contribution is 2.47. The Morgan fingerprint density at radius 2 is 1.76 bits per heavy atom. The SMILES string of the molecule is O=C(CCC1CCCC1)N1CCC2(CC1)CN(C1CCC1)CC2CO. The molecule has 4 fully saturated rings. The van der Waals surface area contributed by atoms with Gasteiger partial charge in [-0.3, -0.25) is 9.69 Å². The Bertz CT molecular complexity index is 463. The minimum Gasteiger partial charge on any atom is -0.396 e. The van der Waals surface area contributed by atoms with Crippen molar-refractivity contribution in [1.82, 2.24) is 9.80 Å². The van der Waals surface area contributed by atoms with Crippen molar-refractivity contribution in [3.63, 3.8) is 0 Å². The van der Waals surface area contributed by atoms with Gasteiger partial charge in [0.2, 0.25) is 5.91 Å². The zero-order chi connectivity index (χ0) is 17.3. The average Bonchev–Trinajstić information content (AvgIpc) is 3.20. The molecular weight excluding hydrogens is 312 g/mol. The summed E-state index contributed by atoms with van der Waals surface area (Å²) in [6.07, 6.45) is 13.5. The summed E-state index contributed by atoms with van der Waals surface area (Å²) in [7, 11) is 0. The van der Waals surface area contributed by atoms with Crippen molar-refractivity contribution in [3.05, 3.63) is 0 Å². The van der Waals surface area contributed by atoms with Crippen LogP contribution < -0.4 is 0 Å². The van der Waals surface area contributed by atoms with Gasteiger partial charge >= 0.3 is 0 Å². The molecule has 2 aliphatic carbocycles. The lowest BCUT2D eigenvalue weighted by atomic mass is 9.71. The second-order valence-corrected chi connectivity index (χ2v) is 9.33. The molecule has 1 spiro atoms. The predicted octanol–water partition coefficient (Wildman–Crippen LogP) is 3.04. The number of carbonyl (C=O) groups excluding carboxylic acids is 1. The minimum atomic E-state index is 0.270. The molecule has 1 unspecified atom stereocenters. The van der Waals surface area contributed by atoms with E-state index in [0.29, 0.717) is 18.4 Å². The van der Waals surface area contributed by atoms with Crippen LogP contribution in [-0.4, -0.2) is 59.6 Å². The fraction of sp³-hybridized carbons (Fsp3) is 0.952. The smallest absolute Gasteiger partial charge is 0.222 e. The van der Waals surface area contributed by atoms with Crippen molar-refractivity contribution in [2.75, 3.05) is 32.8 Å². The molecule has 2 heterocycles. The van der Waals surface area contributed by atoms with E-state index in [2.05, 4.69) is 9.80 Å². The fourth-order valence-corrected chi connectivity index (χ4v) is 5.91. The van der Waals surface area contributed by atoms with Crippen LogP contribution >= 0.6 is 0 Å². The van der Waals surface area contributed by atoms with Crippen LogP contribution in [0.4, 0.5) is 0 Å². The molecule has 4 heteroatoms. The lowest BCUT2D eigenvalue weighted by molar-refractivity contribution is -0.134. The first kappa shape index (κ1) is 17.8. The molecule has 1 N–H and O–H groups in total. The minimum absolute atomic E-state index is 0.270. The van der Waals surface area contributed by atoms with E-state index in [1.165, 1.54) is 44.9 Å². The second kappa shape index (κ2) is 7.56. The highest BCUT2D eigenvalue weighted by atomic mass is 16.3. The molecular formula is C21H36N2O2. The van der Waals surface area contributed by atoms with Gasteiger partial charge in [-0.15, -0.1) is 0 Å². The van der Waals surface area contributed by atoms with Gasteiger partial charge in [0.05, 0.1) is 0 Å². The van der Waals surface area contributed by atoms with Crippen LogP contribution in [0.2, 0.25) is 0 Å². The Labute approximate surface area is 152 Å². The average molecular weight is 349 g/mol. The van der Waals surface area contributed by atoms with E-state index >= 15 is 0 Å². The Morgan fingerprint density at radius 3 is 2.36 bits per heavy atom. The van der Waals surface area contributed by atoms with E-state index in [4.69, 9.17) is 0 Å². The number of hydrogen-bond donors (Lipinski definition) is 1. The lowest BCUT2D eigenvalue weighted by Crippen LogP contribution is -2.47. The molecule has 0 radical (unpaired) electrons. The molecule has 0 aromatic carbocycles. The highest BCUT2D eigenvalue weighted by molar-refractivity contribution is 5.76. The summed E-state index contributed by atoms with van der Waals surface area (Å²) < 4.78 is 0. The maximum atomic E-state index is 12.6. The number of nitrogens with zero attached hydrogens (tertiary/aromatic N) is 2. The van der Waals surface area contributed by atoms with E-state index in [1.54, 1.807) is 0 Å². The molecule has 2 aliphatic heterocycles. The van der Waals surface area contributed by atoms with E-state index in [0.717, 1.165) is 63.8 Å². The van der Waals surface area contributed by atoms with Crippen molar-refractivity contribution in [3.8, 4) is 0 Å². The van der Waals surface area contributed by atoms with Crippen molar-refractivity contribution in [1.29, 1.82) is 0 Å². The van der Waals surface area contributed by atoms with E-state index in [1.807, 2.05) is 0 Å². The summed E-state index contributed by atoms with van der Waals surface area (Å²) >= 11 is 0. The quantitative estimate of drug-likeness (QED) is 0.830. The van der Waals surface area contributed by atoms with Crippen molar-refractivity contribution >= 4 is 5.91 Å². The molecule has 4 nitrogen and oxygen atoms in total. The van der Waals surface area contributed by atoms with Crippen LogP contribution in [0.3, 0.4) is 0 Å². The van der Waals surface area contributed by atoms with Crippen LogP contribution in [0, 0.1) is 17.3 Å². The zero-order valence-electron chi connectivity index (χ0n) is 15.8. The van der Waals surface area contributed by atoms with E-state index in [-0.39, 0.29) is 5.41 Å². The summed E-state index contributed by atoms with van der Waals surface area (Å²) in [6, 6.07) is 0.777. The Morgan fingerprint density at radius 1 is 1.04 bits per heavy atom. The number of hydrogen-bond acceptors (Lipinski definition) is 3. The molecule has 0 aromatic heterocycles. The number of piperidine rings is 1. The molecule has 25 heavy (non-hydrogen) atoms. The van der Waals surface area contributed by atoms with Crippen LogP contribution in [-0.2, 0) is 4.79 Å². The molecule has 4 aliphatic rings. The van der Waals surface area contributed by atoms with Crippen LogP contribution in [0.25, 0.3) is 0 Å². The van der Waals surface area contributed by atoms with E-state index in [9.17, 15) is 9.90 Å². The highest BCUT2D eigenvalue weighted by Gasteiger charge is 2.49. The van der Waals surface area contributed by atoms with Crippen LogP contribution in [0.15, 0.2) is 0 Å². The standard InChI is InChI=1S/C21H36N2O2/c24-15-18-14-23(19-6-3-7-19)16-21(18)10-12-22(13-11-21)20(25)9-8-17-4-1-2-5-17/h17-19,24H,1-16H2. The Balaban J connectivity index is 1.28. The normalized spacial score (nSPS) is 30.9. The molecule has 1 atom stereocenters. The first-order valence-corrected chi connectivity index (χ1v) is 10.8. The predicted molar refractivity (Wildman–Crippen MR) is 99.2 cm³/mol. The van der Waals surface area contributed by atoms with Crippen molar-refractivity contribution in [2.24, 2.45) is 17.3 Å². The Hall–Kier alpha value is -0.610. The third-order valence-electron chi connectivity index (χ3n) is 8.00. The molecule has 1 amide bonds. The number of amides is 1.